The fourth-order valence-electron chi connectivity index (χ4n) is 2.71. The van der Waals surface area contributed by atoms with Gasteiger partial charge in [0.1, 0.15) is 5.82 Å². The molecule has 27 heavy (non-hydrogen) atoms. The highest BCUT2D eigenvalue weighted by Crippen LogP contribution is 2.34. The van der Waals surface area contributed by atoms with E-state index in [0.29, 0.717) is 18.7 Å². The first-order valence-corrected chi connectivity index (χ1v) is 10.4. The predicted octanol–water partition coefficient (Wildman–Crippen LogP) is 1.99. The SMILES string of the molecule is CC1(C)CN(S(=O)(=O)c2ccc(F)c(C(=O)NNC(=O)c3ccsc3)c2)C1. The first kappa shape index (κ1) is 19.5. The summed E-state index contributed by atoms with van der Waals surface area (Å²) < 4.78 is 40.5. The van der Waals surface area contributed by atoms with Gasteiger partial charge in [0.25, 0.3) is 11.8 Å². The number of halogens is 1. The van der Waals surface area contributed by atoms with Crippen molar-refractivity contribution < 1.29 is 22.4 Å². The van der Waals surface area contributed by atoms with Gasteiger partial charge in [-0.1, -0.05) is 13.8 Å². The number of carbonyl (C=O) groups is 2. The molecule has 1 saturated heterocycles. The Morgan fingerprint density at radius 3 is 2.41 bits per heavy atom. The van der Waals surface area contributed by atoms with Crippen LogP contribution in [0.3, 0.4) is 0 Å². The average molecular weight is 411 g/mol. The lowest BCUT2D eigenvalue weighted by molar-refractivity contribution is 0.0844. The van der Waals surface area contributed by atoms with E-state index >= 15 is 0 Å². The summed E-state index contributed by atoms with van der Waals surface area (Å²) in [6.45, 7) is 4.59. The number of hydrazine groups is 1. The molecule has 144 valence electrons. The molecule has 0 bridgehead atoms. The van der Waals surface area contributed by atoms with E-state index in [-0.39, 0.29) is 10.3 Å². The van der Waals surface area contributed by atoms with Gasteiger partial charge in [0.05, 0.1) is 16.0 Å². The molecule has 2 amide bonds. The van der Waals surface area contributed by atoms with Crippen LogP contribution in [0.2, 0.25) is 0 Å². The lowest BCUT2D eigenvalue weighted by Gasteiger charge is -2.44. The summed E-state index contributed by atoms with van der Waals surface area (Å²) in [6.07, 6.45) is 0. The monoisotopic (exact) mass is 411 g/mol. The fourth-order valence-corrected chi connectivity index (χ4v) is 5.19. The Balaban J connectivity index is 1.75. The third kappa shape index (κ3) is 4.02. The lowest BCUT2D eigenvalue weighted by atomic mass is 9.87. The molecule has 2 aromatic rings. The molecule has 0 spiro atoms. The van der Waals surface area contributed by atoms with Crippen LogP contribution < -0.4 is 10.9 Å². The van der Waals surface area contributed by atoms with Gasteiger partial charge in [0, 0.05) is 18.5 Å². The van der Waals surface area contributed by atoms with Gasteiger partial charge in [0.15, 0.2) is 0 Å². The molecule has 1 aliphatic heterocycles. The Bertz CT molecular complexity index is 980. The van der Waals surface area contributed by atoms with Crippen LogP contribution in [-0.2, 0) is 10.0 Å². The van der Waals surface area contributed by atoms with E-state index in [4.69, 9.17) is 0 Å². The van der Waals surface area contributed by atoms with Gasteiger partial charge in [-0.2, -0.15) is 15.6 Å². The second kappa shape index (κ2) is 7.02. The fraction of sp³-hybridized carbons (Fsp3) is 0.294. The number of hydrogen-bond donors (Lipinski definition) is 2. The summed E-state index contributed by atoms with van der Waals surface area (Å²) in [7, 11) is -3.81. The van der Waals surface area contributed by atoms with Gasteiger partial charge in [-0.15, -0.1) is 0 Å². The van der Waals surface area contributed by atoms with E-state index in [1.165, 1.54) is 15.6 Å². The number of amides is 2. The van der Waals surface area contributed by atoms with Crippen LogP contribution in [0.5, 0.6) is 0 Å². The van der Waals surface area contributed by atoms with E-state index in [2.05, 4.69) is 10.9 Å². The minimum absolute atomic E-state index is 0.112. The molecule has 2 N–H and O–H groups in total. The quantitative estimate of drug-likeness (QED) is 0.752. The molecule has 0 atom stereocenters. The summed E-state index contributed by atoms with van der Waals surface area (Å²) >= 11 is 1.31. The normalized spacial score (nSPS) is 16.4. The van der Waals surface area contributed by atoms with E-state index in [9.17, 15) is 22.4 Å². The first-order chi connectivity index (χ1) is 12.6. The Labute approximate surface area is 160 Å². The minimum atomic E-state index is -3.81. The molecule has 3 rings (SSSR count). The topological polar surface area (TPSA) is 95.6 Å². The van der Waals surface area contributed by atoms with Crippen molar-refractivity contribution in [1.82, 2.24) is 15.2 Å². The molecule has 1 fully saturated rings. The number of hydrogen-bond acceptors (Lipinski definition) is 5. The van der Waals surface area contributed by atoms with Gasteiger partial charge >= 0.3 is 0 Å². The molecule has 1 aromatic heterocycles. The second-order valence-electron chi connectivity index (χ2n) is 7.00. The first-order valence-electron chi connectivity index (χ1n) is 8.03. The third-order valence-electron chi connectivity index (χ3n) is 4.10. The summed E-state index contributed by atoms with van der Waals surface area (Å²) in [4.78, 5) is 23.9. The molecule has 1 aromatic carbocycles. The van der Waals surface area contributed by atoms with Crippen molar-refractivity contribution in [3.05, 3.63) is 52.0 Å². The average Bonchev–Trinajstić information content (AvgIpc) is 3.12. The van der Waals surface area contributed by atoms with Gasteiger partial charge in [-0.25, -0.2) is 12.8 Å². The molecule has 0 radical (unpaired) electrons. The third-order valence-corrected chi connectivity index (χ3v) is 6.57. The maximum Gasteiger partial charge on any atom is 0.272 e. The van der Waals surface area contributed by atoms with Gasteiger partial charge in [-0.05, 0) is 35.1 Å². The van der Waals surface area contributed by atoms with Crippen LogP contribution in [0.4, 0.5) is 4.39 Å². The van der Waals surface area contributed by atoms with Gasteiger partial charge in [0.2, 0.25) is 10.0 Å². The summed E-state index contributed by atoms with van der Waals surface area (Å²) in [5.74, 6) is -2.39. The van der Waals surface area contributed by atoms with Crippen LogP contribution in [0, 0.1) is 11.2 Å². The van der Waals surface area contributed by atoms with Crippen molar-refractivity contribution in [3.8, 4) is 0 Å². The van der Waals surface area contributed by atoms with E-state index < -0.39 is 33.2 Å². The van der Waals surface area contributed by atoms with E-state index in [0.717, 1.165) is 18.2 Å². The summed E-state index contributed by atoms with van der Waals surface area (Å²) in [5, 5.41) is 3.28. The summed E-state index contributed by atoms with van der Waals surface area (Å²) in [6, 6.07) is 4.58. The van der Waals surface area contributed by atoms with E-state index in [1.54, 1.807) is 16.8 Å². The maximum atomic E-state index is 14.0. The number of rotatable bonds is 4. The molecule has 0 unspecified atom stereocenters. The lowest BCUT2D eigenvalue weighted by Crippen LogP contribution is -2.55. The molecule has 0 aliphatic carbocycles. The number of thiophene rings is 1. The largest absolute Gasteiger partial charge is 0.272 e. The van der Waals surface area contributed by atoms with Crippen molar-refractivity contribution >= 4 is 33.2 Å². The number of carbonyl (C=O) groups excluding carboxylic acids is 2. The zero-order chi connectivity index (χ0) is 19.8. The summed E-state index contributed by atoms with van der Waals surface area (Å²) in [5.41, 5.74) is 4.02. The standard InChI is InChI=1S/C17H18FN3O4S2/c1-17(2)9-21(10-17)27(24,25)12-3-4-14(18)13(7-12)16(23)20-19-15(22)11-5-6-26-8-11/h3-8H,9-10H2,1-2H3,(H,19,22)(H,20,23). The Morgan fingerprint density at radius 1 is 1.15 bits per heavy atom. The molecular formula is C17H18FN3O4S2. The van der Waals surface area contributed by atoms with Crippen molar-refractivity contribution in [2.24, 2.45) is 5.41 Å². The smallest absolute Gasteiger partial charge is 0.267 e. The number of nitrogens with one attached hydrogen (secondary N) is 2. The Morgan fingerprint density at radius 2 is 1.81 bits per heavy atom. The maximum absolute atomic E-state index is 14.0. The molecular weight excluding hydrogens is 393 g/mol. The van der Waals surface area contributed by atoms with Crippen molar-refractivity contribution in [1.29, 1.82) is 0 Å². The Hall–Kier alpha value is -2.30. The zero-order valence-corrected chi connectivity index (χ0v) is 16.3. The molecule has 0 saturated carbocycles. The second-order valence-corrected chi connectivity index (χ2v) is 9.72. The molecule has 1 aliphatic rings. The highest BCUT2D eigenvalue weighted by atomic mass is 32.2. The molecule has 7 nitrogen and oxygen atoms in total. The van der Waals surface area contributed by atoms with Crippen LogP contribution >= 0.6 is 11.3 Å². The van der Waals surface area contributed by atoms with Crippen LogP contribution in [-0.4, -0.2) is 37.6 Å². The van der Waals surface area contributed by atoms with Gasteiger partial charge < -0.3 is 0 Å². The highest BCUT2D eigenvalue weighted by Gasteiger charge is 2.42. The Kier molecular flexibility index (Phi) is 5.06. The van der Waals surface area contributed by atoms with E-state index in [1.807, 2.05) is 13.8 Å². The van der Waals surface area contributed by atoms with Crippen LogP contribution in [0.1, 0.15) is 34.6 Å². The molecule has 10 heteroatoms. The number of sulfonamides is 1. The predicted molar refractivity (Wildman–Crippen MR) is 98.2 cm³/mol. The van der Waals surface area contributed by atoms with Crippen molar-refractivity contribution in [2.75, 3.05) is 13.1 Å². The van der Waals surface area contributed by atoms with Crippen molar-refractivity contribution in [3.63, 3.8) is 0 Å². The van der Waals surface area contributed by atoms with Crippen LogP contribution in [0.25, 0.3) is 0 Å². The van der Waals surface area contributed by atoms with Crippen LogP contribution in [0.15, 0.2) is 39.9 Å². The minimum Gasteiger partial charge on any atom is -0.267 e. The van der Waals surface area contributed by atoms with Gasteiger partial charge in [-0.3, -0.25) is 20.4 Å². The number of nitrogens with zero attached hydrogens (tertiary/aromatic N) is 1. The van der Waals surface area contributed by atoms with Crippen molar-refractivity contribution in [2.45, 2.75) is 18.7 Å². The molecule has 2 heterocycles. The number of benzene rings is 1. The highest BCUT2D eigenvalue weighted by molar-refractivity contribution is 7.89. The zero-order valence-electron chi connectivity index (χ0n) is 14.7.